The van der Waals surface area contributed by atoms with Crippen molar-refractivity contribution in [2.24, 2.45) is 0 Å². The zero-order valence-corrected chi connectivity index (χ0v) is 17.4. The lowest BCUT2D eigenvalue weighted by Gasteiger charge is -2.16. The van der Waals surface area contributed by atoms with Gasteiger partial charge in [0, 0.05) is 16.5 Å². The van der Waals surface area contributed by atoms with Gasteiger partial charge in [-0.15, -0.1) is 11.3 Å². The van der Waals surface area contributed by atoms with Gasteiger partial charge in [-0.3, -0.25) is 4.79 Å². The number of fused-ring (bicyclic) bond motifs is 1. The largest absolute Gasteiger partial charge is 0.465 e. The van der Waals surface area contributed by atoms with Gasteiger partial charge < -0.3 is 10.1 Å². The number of aryl methyl sites for hydroxylation is 3. The molecule has 5 heteroatoms. The lowest BCUT2D eigenvalue weighted by Crippen LogP contribution is -2.14. The van der Waals surface area contributed by atoms with Gasteiger partial charge in [0.15, 0.2) is 0 Å². The monoisotopic (exact) mass is 405 g/mol. The molecule has 1 N–H and O–H groups in total. The topological polar surface area (TPSA) is 55.4 Å². The van der Waals surface area contributed by atoms with Gasteiger partial charge in [0.25, 0.3) is 5.91 Å². The first-order chi connectivity index (χ1) is 14.1. The number of methoxy groups -OCH3 is 1. The van der Waals surface area contributed by atoms with E-state index in [0.29, 0.717) is 16.1 Å². The van der Waals surface area contributed by atoms with Crippen molar-refractivity contribution in [3.05, 3.63) is 75.7 Å². The Morgan fingerprint density at radius 2 is 1.72 bits per heavy atom. The number of hydrogen-bond acceptors (Lipinski definition) is 4. The molecule has 1 heterocycles. The Balaban J connectivity index is 1.69. The van der Waals surface area contributed by atoms with E-state index in [1.807, 2.05) is 24.4 Å². The summed E-state index contributed by atoms with van der Waals surface area (Å²) in [6.07, 6.45) is 4.61. The molecule has 1 aliphatic carbocycles. The van der Waals surface area contributed by atoms with E-state index in [1.54, 1.807) is 12.1 Å². The molecule has 0 aliphatic heterocycles. The first-order valence-corrected chi connectivity index (χ1v) is 10.6. The summed E-state index contributed by atoms with van der Waals surface area (Å²) >= 11 is 1.35. The van der Waals surface area contributed by atoms with Gasteiger partial charge in [0.1, 0.15) is 10.6 Å². The molecule has 1 aromatic heterocycles. The minimum Gasteiger partial charge on any atom is -0.465 e. The van der Waals surface area contributed by atoms with E-state index in [0.717, 1.165) is 29.5 Å². The SMILES string of the molecule is COC(=O)c1c(-c2ccc3c(c2)CCCC3)csc1NC(=O)c1ccc(C)cc1. The van der Waals surface area contributed by atoms with Gasteiger partial charge in [-0.1, -0.05) is 35.9 Å². The van der Waals surface area contributed by atoms with Crippen LogP contribution in [0.25, 0.3) is 11.1 Å². The minimum absolute atomic E-state index is 0.242. The van der Waals surface area contributed by atoms with Crippen LogP contribution >= 0.6 is 11.3 Å². The lowest BCUT2D eigenvalue weighted by molar-refractivity contribution is 0.0603. The van der Waals surface area contributed by atoms with E-state index in [4.69, 9.17) is 4.74 Å². The van der Waals surface area contributed by atoms with Gasteiger partial charge in [-0.2, -0.15) is 0 Å². The quantitative estimate of drug-likeness (QED) is 0.572. The molecule has 0 spiro atoms. The Labute approximate surface area is 174 Å². The first-order valence-electron chi connectivity index (χ1n) is 9.77. The maximum Gasteiger partial charge on any atom is 0.341 e. The van der Waals surface area contributed by atoms with Gasteiger partial charge in [0.2, 0.25) is 0 Å². The number of carbonyl (C=O) groups is 2. The number of esters is 1. The van der Waals surface area contributed by atoms with Crippen molar-refractivity contribution in [1.82, 2.24) is 0 Å². The van der Waals surface area contributed by atoms with E-state index < -0.39 is 5.97 Å². The maximum atomic E-state index is 12.7. The Hall–Kier alpha value is -2.92. The van der Waals surface area contributed by atoms with Crippen molar-refractivity contribution in [3.8, 4) is 11.1 Å². The molecule has 0 fully saturated rings. The molecular formula is C24H23NO3S. The third kappa shape index (κ3) is 3.96. The molecule has 0 radical (unpaired) electrons. The van der Waals surface area contributed by atoms with Crippen LogP contribution in [-0.2, 0) is 17.6 Å². The number of rotatable bonds is 4. The summed E-state index contributed by atoms with van der Waals surface area (Å²) in [6, 6.07) is 13.7. The van der Waals surface area contributed by atoms with Crippen LogP contribution in [0.2, 0.25) is 0 Å². The number of carbonyl (C=O) groups excluding carboxylic acids is 2. The van der Waals surface area contributed by atoms with Crippen LogP contribution in [0, 0.1) is 6.92 Å². The molecule has 0 saturated heterocycles. The van der Waals surface area contributed by atoms with Gasteiger partial charge in [-0.25, -0.2) is 4.79 Å². The van der Waals surface area contributed by atoms with Gasteiger partial charge >= 0.3 is 5.97 Å². The number of thiophene rings is 1. The summed E-state index contributed by atoms with van der Waals surface area (Å²) in [4.78, 5) is 25.2. The Morgan fingerprint density at radius 1 is 1.00 bits per heavy atom. The highest BCUT2D eigenvalue weighted by molar-refractivity contribution is 7.15. The minimum atomic E-state index is -0.446. The molecule has 3 aromatic rings. The number of nitrogens with one attached hydrogen (secondary N) is 1. The summed E-state index contributed by atoms with van der Waals surface area (Å²) in [5, 5.41) is 5.32. The third-order valence-corrected chi connectivity index (χ3v) is 6.28. The summed E-state index contributed by atoms with van der Waals surface area (Å²) in [5.41, 5.74) is 6.57. The fraction of sp³-hybridized carbons (Fsp3) is 0.250. The number of anilines is 1. The average Bonchev–Trinajstić information content (AvgIpc) is 3.16. The third-order valence-electron chi connectivity index (χ3n) is 5.38. The summed E-state index contributed by atoms with van der Waals surface area (Å²) in [7, 11) is 1.36. The summed E-state index contributed by atoms with van der Waals surface area (Å²) in [6.45, 7) is 1.97. The fourth-order valence-electron chi connectivity index (χ4n) is 3.75. The van der Waals surface area contributed by atoms with Crippen molar-refractivity contribution >= 4 is 28.2 Å². The predicted molar refractivity (Wildman–Crippen MR) is 117 cm³/mol. The smallest absolute Gasteiger partial charge is 0.341 e. The predicted octanol–water partition coefficient (Wildman–Crippen LogP) is 5.64. The van der Waals surface area contributed by atoms with Crippen LogP contribution in [0.15, 0.2) is 47.8 Å². The van der Waals surface area contributed by atoms with Crippen LogP contribution in [0.4, 0.5) is 5.00 Å². The normalized spacial score (nSPS) is 12.9. The molecule has 2 aromatic carbocycles. The molecule has 0 atom stereocenters. The zero-order valence-electron chi connectivity index (χ0n) is 16.6. The second kappa shape index (κ2) is 8.21. The Bertz CT molecular complexity index is 1070. The summed E-state index contributed by atoms with van der Waals surface area (Å²) < 4.78 is 5.03. The van der Waals surface area contributed by atoms with Gasteiger partial charge in [-0.05, 0) is 61.4 Å². The number of hydrogen-bond donors (Lipinski definition) is 1. The molecule has 4 nitrogen and oxygen atoms in total. The van der Waals surface area contributed by atoms with Crippen molar-refractivity contribution < 1.29 is 14.3 Å². The summed E-state index contributed by atoms with van der Waals surface area (Å²) in [5.74, 6) is -0.688. The van der Waals surface area contributed by atoms with Crippen molar-refractivity contribution in [3.63, 3.8) is 0 Å². The number of benzene rings is 2. The van der Waals surface area contributed by atoms with Crippen LogP contribution in [-0.4, -0.2) is 19.0 Å². The van der Waals surface area contributed by atoms with E-state index in [2.05, 4.69) is 23.5 Å². The van der Waals surface area contributed by atoms with E-state index >= 15 is 0 Å². The second-order valence-corrected chi connectivity index (χ2v) is 8.24. The Morgan fingerprint density at radius 3 is 2.45 bits per heavy atom. The van der Waals surface area contributed by atoms with E-state index in [1.165, 1.54) is 42.4 Å². The van der Waals surface area contributed by atoms with Crippen LogP contribution in [0.3, 0.4) is 0 Å². The molecular weight excluding hydrogens is 382 g/mol. The molecule has 0 unspecified atom stereocenters. The van der Waals surface area contributed by atoms with Crippen molar-refractivity contribution in [2.75, 3.05) is 12.4 Å². The molecule has 29 heavy (non-hydrogen) atoms. The van der Waals surface area contributed by atoms with E-state index in [9.17, 15) is 9.59 Å². The van der Waals surface area contributed by atoms with Crippen molar-refractivity contribution in [2.45, 2.75) is 32.6 Å². The van der Waals surface area contributed by atoms with Gasteiger partial charge in [0.05, 0.1) is 7.11 Å². The highest BCUT2D eigenvalue weighted by Crippen LogP contribution is 2.38. The standard InChI is InChI=1S/C24H23NO3S/c1-15-7-9-17(10-8-15)22(26)25-23-21(24(27)28-2)20(14-29-23)19-12-11-16-5-3-4-6-18(16)13-19/h7-14H,3-6H2,1-2H3,(H,25,26). The molecule has 0 bridgehead atoms. The molecule has 148 valence electrons. The maximum absolute atomic E-state index is 12.7. The van der Waals surface area contributed by atoms with E-state index in [-0.39, 0.29) is 5.91 Å². The molecule has 4 rings (SSSR count). The highest BCUT2D eigenvalue weighted by atomic mass is 32.1. The van der Waals surface area contributed by atoms with Crippen LogP contribution in [0.5, 0.6) is 0 Å². The lowest BCUT2D eigenvalue weighted by atomic mass is 9.89. The Kier molecular flexibility index (Phi) is 5.49. The zero-order chi connectivity index (χ0) is 20.4. The second-order valence-electron chi connectivity index (χ2n) is 7.36. The average molecular weight is 406 g/mol. The fourth-order valence-corrected chi connectivity index (χ4v) is 4.70. The molecule has 1 aliphatic rings. The highest BCUT2D eigenvalue weighted by Gasteiger charge is 2.23. The number of amides is 1. The number of ether oxygens (including phenoxy) is 1. The van der Waals surface area contributed by atoms with Crippen LogP contribution in [0.1, 0.15) is 50.2 Å². The molecule has 1 amide bonds. The van der Waals surface area contributed by atoms with Crippen molar-refractivity contribution in [1.29, 1.82) is 0 Å². The first kappa shape index (κ1) is 19.4. The van der Waals surface area contributed by atoms with Crippen LogP contribution < -0.4 is 5.32 Å². The molecule has 0 saturated carbocycles.